The summed E-state index contributed by atoms with van der Waals surface area (Å²) < 4.78 is 22.7. The van der Waals surface area contributed by atoms with Crippen molar-refractivity contribution in [2.24, 2.45) is 0 Å². The van der Waals surface area contributed by atoms with Crippen molar-refractivity contribution in [2.75, 3.05) is 11.5 Å². The van der Waals surface area contributed by atoms with Crippen molar-refractivity contribution < 1.29 is 8.42 Å². The van der Waals surface area contributed by atoms with Crippen LogP contribution in [0.2, 0.25) is 0 Å². The summed E-state index contributed by atoms with van der Waals surface area (Å²) in [4.78, 5) is 0. The maximum absolute atomic E-state index is 11.3. The van der Waals surface area contributed by atoms with Crippen molar-refractivity contribution in [3.8, 4) is 0 Å². The molecule has 1 aliphatic rings. The molecule has 0 aliphatic carbocycles. The van der Waals surface area contributed by atoms with Crippen LogP contribution in [-0.2, 0) is 9.84 Å². The summed E-state index contributed by atoms with van der Waals surface area (Å²) in [5.41, 5.74) is 0. The van der Waals surface area contributed by atoms with Gasteiger partial charge in [0.1, 0.15) is 9.84 Å². The molecule has 1 saturated heterocycles. The smallest absolute Gasteiger partial charge is 0.150 e. The highest BCUT2D eigenvalue weighted by atomic mass is 32.2. The van der Waals surface area contributed by atoms with Gasteiger partial charge in [-0.25, -0.2) is 8.42 Å². The van der Waals surface area contributed by atoms with E-state index in [9.17, 15) is 8.42 Å². The molecule has 1 fully saturated rings. The second-order valence-electron chi connectivity index (χ2n) is 5.70. The van der Waals surface area contributed by atoms with Gasteiger partial charge in [0.25, 0.3) is 0 Å². The van der Waals surface area contributed by atoms with Crippen LogP contribution in [0.5, 0.6) is 0 Å². The van der Waals surface area contributed by atoms with E-state index in [1.165, 1.54) is 38.5 Å². The van der Waals surface area contributed by atoms with Crippen LogP contribution in [0.15, 0.2) is 0 Å². The molecule has 0 spiro atoms. The number of rotatable bonds is 8. The molecule has 4 heteroatoms. The van der Waals surface area contributed by atoms with Gasteiger partial charge in [-0.2, -0.15) is 0 Å². The van der Waals surface area contributed by atoms with Crippen LogP contribution in [0, 0.1) is 0 Å². The molecule has 1 unspecified atom stereocenters. The maximum atomic E-state index is 11.3. The fraction of sp³-hybridized carbons (Fsp3) is 1.00. The minimum atomic E-state index is -2.72. The molecule has 0 aromatic carbocycles. The molecule has 3 nitrogen and oxygen atoms in total. The lowest BCUT2D eigenvalue weighted by atomic mass is 10.1. The Kier molecular flexibility index (Phi) is 7.23. The average Bonchev–Trinajstić information content (AvgIpc) is 2.32. The molecule has 0 radical (unpaired) electrons. The first-order chi connectivity index (χ1) is 8.53. The van der Waals surface area contributed by atoms with Gasteiger partial charge in [0, 0.05) is 12.1 Å². The molecular weight excluding hydrogens is 246 g/mol. The van der Waals surface area contributed by atoms with Crippen LogP contribution in [0.3, 0.4) is 0 Å². The molecule has 0 saturated carbocycles. The van der Waals surface area contributed by atoms with E-state index >= 15 is 0 Å². The standard InChI is InChI=1S/C14H29NO2S/c1-3-4-5-6-7-8-13(2)15-14-9-11-18(16,17)12-10-14/h13-15H,3-12H2,1-2H3. The first kappa shape index (κ1) is 16.0. The predicted octanol–water partition coefficient (Wildman–Crippen LogP) is 2.90. The summed E-state index contributed by atoms with van der Waals surface area (Å²) in [6.45, 7) is 4.46. The summed E-state index contributed by atoms with van der Waals surface area (Å²) in [5, 5.41) is 3.58. The molecule has 18 heavy (non-hydrogen) atoms. The van der Waals surface area contributed by atoms with Crippen molar-refractivity contribution in [1.29, 1.82) is 0 Å². The van der Waals surface area contributed by atoms with E-state index < -0.39 is 9.84 Å². The quantitative estimate of drug-likeness (QED) is 0.693. The molecule has 1 rings (SSSR count). The zero-order chi connectivity index (χ0) is 13.4. The second kappa shape index (κ2) is 8.16. The normalized spacial score (nSPS) is 21.9. The third kappa shape index (κ3) is 6.74. The van der Waals surface area contributed by atoms with Gasteiger partial charge >= 0.3 is 0 Å². The lowest BCUT2D eigenvalue weighted by molar-refractivity contribution is 0.390. The van der Waals surface area contributed by atoms with Crippen LogP contribution in [0.4, 0.5) is 0 Å². The molecule has 108 valence electrons. The third-order valence-electron chi connectivity index (χ3n) is 3.82. The highest BCUT2D eigenvalue weighted by Gasteiger charge is 2.23. The molecule has 1 aliphatic heterocycles. The van der Waals surface area contributed by atoms with Crippen LogP contribution in [0.25, 0.3) is 0 Å². The van der Waals surface area contributed by atoms with Crippen molar-refractivity contribution in [2.45, 2.75) is 77.3 Å². The topological polar surface area (TPSA) is 46.2 Å². The second-order valence-corrected chi connectivity index (χ2v) is 8.00. The largest absolute Gasteiger partial charge is 0.311 e. The number of hydrogen-bond donors (Lipinski definition) is 1. The van der Waals surface area contributed by atoms with Crippen LogP contribution in [0.1, 0.15) is 65.2 Å². The van der Waals surface area contributed by atoms with Crippen LogP contribution in [-0.4, -0.2) is 32.0 Å². The highest BCUT2D eigenvalue weighted by Crippen LogP contribution is 2.14. The van der Waals surface area contributed by atoms with Crippen molar-refractivity contribution in [3.63, 3.8) is 0 Å². The maximum Gasteiger partial charge on any atom is 0.150 e. The van der Waals surface area contributed by atoms with Crippen molar-refractivity contribution in [3.05, 3.63) is 0 Å². The Morgan fingerprint density at radius 3 is 2.33 bits per heavy atom. The van der Waals surface area contributed by atoms with Crippen LogP contribution >= 0.6 is 0 Å². The molecule has 1 heterocycles. The van der Waals surface area contributed by atoms with E-state index in [1.54, 1.807) is 0 Å². The lowest BCUT2D eigenvalue weighted by Crippen LogP contribution is -2.41. The fourth-order valence-electron chi connectivity index (χ4n) is 2.60. The summed E-state index contributed by atoms with van der Waals surface area (Å²) in [6.07, 6.45) is 9.42. The summed E-state index contributed by atoms with van der Waals surface area (Å²) in [6, 6.07) is 0.941. The zero-order valence-corrected chi connectivity index (χ0v) is 12.8. The molecule has 1 N–H and O–H groups in total. The highest BCUT2D eigenvalue weighted by molar-refractivity contribution is 7.91. The Labute approximate surface area is 113 Å². The molecule has 1 atom stereocenters. The van der Waals surface area contributed by atoms with Crippen LogP contribution < -0.4 is 5.32 Å². The summed E-state index contributed by atoms with van der Waals surface area (Å²) in [7, 11) is -2.72. The SMILES string of the molecule is CCCCCCCC(C)NC1CCS(=O)(=O)CC1. The summed E-state index contributed by atoms with van der Waals surface area (Å²) in [5.74, 6) is 0.738. The van der Waals surface area contributed by atoms with Gasteiger partial charge in [-0.05, 0) is 26.2 Å². The van der Waals surface area contributed by atoms with Crippen molar-refractivity contribution >= 4 is 9.84 Å². The number of sulfone groups is 1. The number of nitrogens with one attached hydrogen (secondary N) is 1. The van der Waals surface area contributed by atoms with Gasteiger partial charge in [0.15, 0.2) is 0 Å². The third-order valence-corrected chi connectivity index (χ3v) is 5.53. The Bertz CT molecular complexity index is 300. The van der Waals surface area contributed by atoms with E-state index in [-0.39, 0.29) is 0 Å². The zero-order valence-electron chi connectivity index (χ0n) is 12.0. The average molecular weight is 275 g/mol. The first-order valence-electron chi connectivity index (χ1n) is 7.50. The van der Waals surface area contributed by atoms with Gasteiger partial charge in [-0.15, -0.1) is 0 Å². The predicted molar refractivity (Wildman–Crippen MR) is 77.6 cm³/mol. The molecular formula is C14H29NO2S. The molecule has 0 aromatic rings. The monoisotopic (exact) mass is 275 g/mol. The number of unbranched alkanes of at least 4 members (excludes halogenated alkanes) is 4. The van der Waals surface area contributed by atoms with Gasteiger partial charge in [0.05, 0.1) is 11.5 Å². The Hall–Kier alpha value is -0.0900. The molecule has 0 bridgehead atoms. The molecule has 0 amide bonds. The van der Waals surface area contributed by atoms with E-state index in [1.807, 2.05) is 0 Å². The minimum Gasteiger partial charge on any atom is -0.311 e. The Balaban J connectivity index is 2.08. The lowest BCUT2D eigenvalue weighted by Gasteiger charge is -2.26. The Morgan fingerprint density at radius 2 is 1.72 bits per heavy atom. The Morgan fingerprint density at radius 1 is 1.11 bits per heavy atom. The van der Waals surface area contributed by atoms with E-state index in [2.05, 4.69) is 19.2 Å². The minimum absolute atomic E-state index is 0.369. The molecule has 0 aromatic heterocycles. The van der Waals surface area contributed by atoms with Crippen molar-refractivity contribution in [1.82, 2.24) is 5.32 Å². The van der Waals surface area contributed by atoms with E-state index in [0.717, 1.165) is 12.8 Å². The fourth-order valence-corrected chi connectivity index (χ4v) is 4.09. The van der Waals surface area contributed by atoms with E-state index in [0.29, 0.717) is 23.6 Å². The summed E-state index contributed by atoms with van der Waals surface area (Å²) >= 11 is 0. The van der Waals surface area contributed by atoms with Gasteiger partial charge < -0.3 is 5.32 Å². The van der Waals surface area contributed by atoms with Gasteiger partial charge in [-0.3, -0.25) is 0 Å². The van der Waals surface area contributed by atoms with Gasteiger partial charge in [-0.1, -0.05) is 39.0 Å². The van der Waals surface area contributed by atoms with Gasteiger partial charge in [0.2, 0.25) is 0 Å². The van der Waals surface area contributed by atoms with E-state index in [4.69, 9.17) is 0 Å². The number of hydrogen-bond acceptors (Lipinski definition) is 3. The first-order valence-corrected chi connectivity index (χ1v) is 9.32.